The number of hydrogen-bond acceptors (Lipinski definition) is 5. The molecule has 27 heavy (non-hydrogen) atoms. The number of hydrogen-bond donors (Lipinski definition) is 2. The lowest BCUT2D eigenvalue weighted by molar-refractivity contribution is 0.108. The van der Waals surface area contributed by atoms with Gasteiger partial charge in [-0.25, -0.2) is 4.99 Å². The molecular weight excluding hydrogens is 346 g/mol. The molecule has 0 saturated heterocycles. The number of nitrogens with one attached hydrogen (secondary N) is 2. The van der Waals surface area contributed by atoms with Crippen molar-refractivity contribution in [1.82, 2.24) is 10.6 Å². The highest BCUT2D eigenvalue weighted by molar-refractivity contribution is 5.79. The van der Waals surface area contributed by atoms with E-state index in [-0.39, 0.29) is 0 Å². The van der Waals surface area contributed by atoms with Gasteiger partial charge in [0.25, 0.3) is 0 Å². The Balaban J connectivity index is 2.66. The largest absolute Gasteiger partial charge is 0.493 e. The lowest BCUT2D eigenvalue weighted by atomic mass is 10.2. The monoisotopic (exact) mass is 381 g/mol. The molecular formula is C20H35N3O4. The van der Waals surface area contributed by atoms with Gasteiger partial charge in [-0.2, -0.15) is 0 Å². The van der Waals surface area contributed by atoms with E-state index in [0.29, 0.717) is 29.7 Å². The molecule has 1 aromatic rings. The molecule has 2 N–H and O–H groups in total. The van der Waals surface area contributed by atoms with Crippen molar-refractivity contribution in [3.05, 3.63) is 17.7 Å². The molecule has 7 heteroatoms. The molecule has 0 unspecified atom stereocenters. The molecule has 0 fully saturated rings. The van der Waals surface area contributed by atoms with Crippen LogP contribution in [0.15, 0.2) is 17.1 Å². The summed E-state index contributed by atoms with van der Waals surface area (Å²) in [6.07, 6.45) is 0.932. The first kappa shape index (κ1) is 22.9. The van der Waals surface area contributed by atoms with Crippen LogP contribution in [0.4, 0.5) is 0 Å². The quantitative estimate of drug-likeness (QED) is 0.329. The summed E-state index contributed by atoms with van der Waals surface area (Å²) in [5, 5.41) is 6.58. The van der Waals surface area contributed by atoms with Crippen molar-refractivity contribution in [3.8, 4) is 17.2 Å². The van der Waals surface area contributed by atoms with Crippen LogP contribution in [0.3, 0.4) is 0 Å². The molecule has 0 aliphatic carbocycles. The van der Waals surface area contributed by atoms with Crippen LogP contribution < -0.4 is 24.8 Å². The minimum Gasteiger partial charge on any atom is -0.493 e. The number of benzene rings is 1. The molecule has 0 spiro atoms. The SMILES string of the molecule is CCNC(=NCc1cc(OC)c(OC)c(OC)c1)NCCCOCC(C)C. The van der Waals surface area contributed by atoms with Crippen LogP contribution in [-0.2, 0) is 11.3 Å². The van der Waals surface area contributed by atoms with Gasteiger partial charge >= 0.3 is 0 Å². The van der Waals surface area contributed by atoms with E-state index in [4.69, 9.17) is 18.9 Å². The van der Waals surface area contributed by atoms with Crippen LogP contribution in [-0.4, -0.2) is 53.6 Å². The minimum atomic E-state index is 0.496. The van der Waals surface area contributed by atoms with Crippen molar-refractivity contribution in [3.63, 3.8) is 0 Å². The van der Waals surface area contributed by atoms with E-state index < -0.39 is 0 Å². The van der Waals surface area contributed by atoms with Crippen molar-refractivity contribution in [1.29, 1.82) is 0 Å². The Morgan fingerprint density at radius 2 is 1.70 bits per heavy atom. The fraction of sp³-hybridized carbons (Fsp3) is 0.650. The summed E-state index contributed by atoms with van der Waals surface area (Å²) in [4.78, 5) is 4.64. The zero-order valence-corrected chi connectivity index (χ0v) is 17.6. The van der Waals surface area contributed by atoms with Crippen LogP contribution >= 0.6 is 0 Å². The first-order chi connectivity index (χ1) is 13.0. The zero-order valence-electron chi connectivity index (χ0n) is 17.6. The lowest BCUT2D eigenvalue weighted by Crippen LogP contribution is -2.38. The highest BCUT2D eigenvalue weighted by atomic mass is 16.5. The number of guanidine groups is 1. The summed E-state index contributed by atoms with van der Waals surface area (Å²) in [7, 11) is 4.81. The van der Waals surface area contributed by atoms with Crippen molar-refractivity contribution < 1.29 is 18.9 Å². The second-order valence-corrected chi connectivity index (χ2v) is 6.48. The smallest absolute Gasteiger partial charge is 0.203 e. The number of ether oxygens (including phenoxy) is 4. The van der Waals surface area contributed by atoms with Crippen LogP contribution in [0, 0.1) is 5.92 Å². The number of nitrogens with zero attached hydrogens (tertiary/aromatic N) is 1. The van der Waals surface area contributed by atoms with Gasteiger partial charge in [0, 0.05) is 26.3 Å². The molecule has 1 rings (SSSR count). The molecule has 0 saturated carbocycles. The van der Waals surface area contributed by atoms with E-state index in [0.717, 1.165) is 44.2 Å². The Morgan fingerprint density at radius 3 is 2.22 bits per heavy atom. The summed E-state index contributed by atoms with van der Waals surface area (Å²) in [6, 6.07) is 3.82. The third-order valence-electron chi connectivity index (χ3n) is 3.70. The maximum Gasteiger partial charge on any atom is 0.203 e. The van der Waals surface area contributed by atoms with Crippen LogP contribution in [0.5, 0.6) is 17.2 Å². The third-order valence-corrected chi connectivity index (χ3v) is 3.70. The van der Waals surface area contributed by atoms with Crippen LogP contribution in [0.1, 0.15) is 32.8 Å². The molecule has 7 nitrogen and oxygen atoms in total. The van der Waals surface area contributed by atoms with Gasteiger partial charge < -0.3 is 29.6 Å². The van der Waals surface area contributed by atoms with E-state index >= 15 is 0 Å². The fourth-order valence-corrected chi connectivity index (χ4v) is 2.44. The van der Waals surface area contributed by atoms with Gasteiger partial charge in [0.05, 0.1) is 27.9 Å². The molecule has 0 amide bonds. The second kappa shape index (κ2) is 13.1. The zero-order chi connectivity index (χ0) is 20.1. The van der Waals surface area contributed by atoms with E-state index in [1.54, 1.807) is 21.3 Å². The second-order valence-electron chi connectivity index (χ2n) is 6.48. The Labute approximate surface area is 163 Å². The standard InChI is InChI=1S/C20H35N3O4/c1-7-21-20(22-9-8-10-27-14-15(2)3)23-13-16-11-17(24-4)19(26-6)18(12-16)25-5/h11-12,15H,7-10,13-14H2,1-6H3,(H2,21,22,23). The number of aliphatic imine (C=N–C) groups is 1. The van der Waals surface area contributed by atoms with Crippen molar-refractivity contribution in [2.45, 2.75) is 33.7 Å². The minimum absolute atomic E-state index is 0.496. The van der Waals surface area contributed by atoms with Gasteiger partial charge in [0.15, 0.2) is 17.5 Å². The summed E-state index contributed by atoms with van der Waals surface area (Å²) < 4.78 is 21.7. The molecule has 0 heterocycles. The maximum absolute atomic E-state index is 5.60. The fourth-order valence-electron chi connectivity index (χ4n) is 2.44. The van der Waals surface area contributed by atoms with E-state index in [9.17, 15) is 0 Å². The van der Waals surface area contributed by atoms with Gasteiger partial charge in [0.2, 0.25) is 5.75 Å². The molecule has 0 aliphatic rings. The van der Waals surface area contributed by atoms with E-state index in [2.05, 4.69) is 29.5 Å². The van der Waals surface area contributed by atoms with Gasteiger partial charge in [-0.1, -0.05) is 13.8 Å². The van der Waals surface area contributed by atoms with Crippen LogP contribution in [0.2, 0.25) is 0 Å². The Hall–Kier alpha value is -2.15. The lowest BCUT2D eigenvalue weighted by Gasteiger charge is -2.14. The molecule has 0 bridgehead atoms. The topological polar surface area (TPSA) is 73.3 Å². The highest BCUT2D eigenvalue weighted by Crippen LogP contribution is 2.38. The summed E-state index contributed by atoms with van der Waals surface area (Å²) in [5.41, 5.74) is 0.974. The van der Waals surface area contributed by atoms with Gasteiger partial charge in [-0.15, -0.1) is 0 Å². The molecule has 154 valence electrons. The summed E-state index contributed by atoms with van der Waals surface area (Å²) >= 11 is 0. The predicted molar refractivity (Wildman–Crippen MR) is 109 cm³/mol. The summed E-state index contributed by atoms with van der Waals surface area (Å²) in [5.74, 6) is 3.18. The number of methoxy groups -OCH3 is 3. The molecule has 0 atom stereocenters. The molecule has 0 aliphatic heterocycles. The van der Waals surface area contributed by atoms with Gasteiger partial charge in [0.1, 0.15) is 0 Å². The third kappa shape index (κ3) is 8.39. The van der Waals surface area contributed by atoms with Gasteiger partial charge in [-0.05, 0) is 37.0 Å². The Morgan fingerprint density at radius 1 is 1.04 bits per heavy atom. The van der Waals surface area contributed by atoms with Crippen molar-refractivity contribution in [2.24, 2.45) is 10.9 Å². The Kier molecular flexibility index (Phi) is 11.1. The first-order valence-corrected chi connectivity index (χ1v) is 9.44. The van der Waals surface area contributed by atoms with E-state index in [1.165, 1.54) is 0 Å². The Bertz CT molecular complexity index is 551. The predicted octanol–water partition coefficient (Wildman–Crippen LogP) is 2.83. The van der Waals surface area contributed by atoms with Gasteiger partial charge in [-0.3, -0.25) is 0 Å². The molecule has 1 aromatic carbocycles. The number of rotatable bonds is 12. The molecule has 0 radical (unpaired) electrons. The molecule has 0 aromatic heterocycles. The normalized spacial score (nSPS) is 11.4. The summed E-state index contributed by atoms with van der Waals surface area (Å²) in [6.45, 7) is 9.99. The van der Waals surface area contributed by atoms with Crippen molar-refractivity contribution in [2.75, 3.05) is 47.6 Å². The van der Waals surface area contributed by atoms with Crippen molar-refractivity contribution >= 4 is 5.96 Å². The highest BCUT2D eigenvalue weighted by Gasteiger charge is 2.13. The average Bonchev–Trinajstić information content (AvgIpc) is 2.67. The first-order valence-electron chi connectivity index (χ1n) is 9.44. The van der Waals surface area contributed by atoms with E-state index in [1.807, 2.05) is 19.1 Å². The average molecular weight is 382 g/mol. The maximum atomic E-state index is 5.60. The van der Waals surface area contributed by atoms with Crippen LogP contribution in [0.25, 0.3) is 0 Å².